The van der Waals surface area contributed by atoms with E-state index >= 15 is 0 Å². The largest absolute Gasteiger partial charge is 0.394 e. The molecule has 106 valence electrons. The maximum atomic E-state index is 8.81. The smallest absolute Gasteiger partial charge is 0.0891 e. The van der Waals surface area contributed by atoms with Crippen LogP contribution in [-0.2, 0) is 10.3 Å². The van der Waals surface area contributed by atoms with Crippen LogP contribution in [0.4, 0.5) is 0 Å². The van der Waals surface area contributed by atoms with Crippen molar-refractivity contribution in [3.8, 4) is 0 Å². The summed E-state index contributed by atoms with van der Waals surface area (Å²) in [5, 5.41) is 13.1. The van der Waals surface area contributed by atoms with E-state index in [2.05, 4.69) is 5.10 Å². The first-order valence-corrected chi connectivity index (χ1v) is 6.74. The molecule has 2 aromatic rings. The minimum atomic E-state index is -0.420. The number of nitrogens with zero attached hydrogens (tertiary/aromatic N) is 2. The number of aliphatic hydroxyl groups is 1. The average Bonchev–Trinajstić information content (AvgIpc) is 2.80. The van der Waals surface area contributed by atoms with E-state index in [9.17, 15) is 0 Å². The molecule has 0 saturated heterocycles. The molecule has 0 aliphatic rings. The lowest BCUT2D eigenvalue weighted by Gasteiger charge is -2.25. The van der Waals surface area contributed by atoms with Crippen molar-refractivity contribution in [2.75, 3.05) is 13.2 Å². The van der Waals surface area contributed by atoms with Crippen LogP contribution in [0.1, 0.15) is 38.8 Å². The Labute approximate surface area is 115 Å². The van der Waals surface area contributed by atoms with Crippen LogP contribution in [0.2, 0.25) is 0 Å². The lowest BCUT2D eigenvalue weighted by Crippen LogP contribution is -2.23. The van der Waals surface area contributed by atoms with Gasteiger partial charge in [-0.05, 0) is 32.4 Å². The summed E-state index contributed by atoms with van der Waals surface area (Å²) in [7, 11) is 0. The number of aliphatic hydroxyl groups excluding tert-OH is 1. The molecule has 0 aliphatic heterocycles. The molecule has 0 aromatic carbocycles. The Kier molecular flexibility index (Phi) is 5.51. The van der Waals surface area contributed by atoms with Crippen molar-refractivity contribution in [1.29, 1.82) is 0 Å². The number of hydrogen-bond acceptors (Lipinski definition) is 3. The summed E-state index contributed by atoms with van der Waals surface area (Å²) in [5.74, 6) is 0. The molecular weight excluding hydrogens is 240 g/mol. The van der Waals surface area contributed by atoms with E-state index in [1.807, 2.05) is 63.7 Å². The molecule has 1 N–H and O–H groups in total. The molecule has 4 nitrogen and oxygen atoms in total. The molecule has 2 aromatic heterocycles. The standard InChI is InChI=1S/C13H18N2O2.C2H6/c1-10-8-14-15-9-11(4-5-12(10)15)13(2,3)17-7-6-16;1-2/h4-5,8-9,16H,6-7H2,1-3H3;1-2H3. The van der Waals surface area contributed by atoms with Crippen molar-refractivity contribution >= 4 is 5.52 Å². The Bertz CT molecular complexity index is 518. The van der Waals surface area contributed by atoms with Crippen molar-refractivity contribution in [2.45, 2.75) is 40.2 Å². The molecule has 0 radical (unpaired) electrons. The fourth-order valence-electron chi connectivity index (χ4n) is 1.85. The number of hydrogen-bond donors (Lipinski definition) is 1. The van der Waals surface area contributed by atoms with Crippen LogP contribution < -0.4 is 0 Å². The van der Waals surface area contributed by atoms with E-state index in [0.29, 0.717) is 6.61 Å². The molecule has 0 unspecified atom stereocenters. The highest BCUT2D eigenvalue weighted by atomic mass is 16.5. The molecule has 2 rings (SSSR count). The zero-order valence-corrected chi connectivity index (χ0v) is 12.5. The molecule has 0 atom stereocenters. The van der Waals surface area contributed by atoms with E-state index in [0.717, 1.165) is 16.6 Å². The second-order valence-electron chi connectivity index (χ2n) is 4.66. The van der Waals surface area contributed by atoms with Gasteiger partial charge >= 0.3 is 0 Å². The number of aryl methyl sites for hydroxylation is 1. The van der Waals surface area contributed by atoms with Gasteiger partial charge in [0.2, 0.25) is 0 Å². The third-order valence-electron chi connectivity index (χ3n) is 2.96. The first-order chi connectivity index (χ1) is 9.04. The van der Waals surface area contributed by atoms with Crippen LogP contribution in [0, 0.1) is 6.92 Å². The predicted octanol–water partition coefficient (Wildman–Crippen LogP) is 2.91. The van der Waals surface area contributed by atoms with Gasteiger partial charge in [-0.25, -0.2) is 4.52 Å². The highest BCUT2D eigenvalue weighted by molar-refractivity contribution is 5.53. The fraction of sp³-hybridized carbons (Fsp3) is 0.533. The molecule has 2 heterocycles. The van der Waals surface area contributed by atoms with Crippen molar-refractivity contribution < 1.29 is 9.84 Å². The monoisotopic (exact) mass is 264 g/mol. The van der Waals surface area contributed by atoms with Crippen molar-refractivity contribution in [1.82, 2.24) is 9.61 Å². The number of fused-ring (bicyclic) bond motifs is 1. The van der Waals surface area contributed by atoms with Gasteiger partial charge in [-0.3, -0.25) is 0 Å². The van der Waals surface area contributed by atoms with E-state index in [4.69, 9.17) is 9.84 Å². The summed E-state index contributed by atoms with van der Waals surface area (Å²) in [5.41, 5.74) is 2.88. The van der Waals surface area contributed by atoms with Crippen LogP contribution in [0.15, 0.2) is 24.5 Å². The molecule has 0 aliphatic carbocycles. The van der Waals surface area contributed by atoms with Gasteiger partial charge in [0, 0.05) is 11.8 Å². The second kappa shape index (κ2) is 6.68. The third kappa shape index (κ3) is 3.55. The lowest BCUT2D eigenvalue weighted by molar-refractivity contribution is -0.0372. The van der Waals surface area contributed by atoms with Gasteiger partial charge in [0.05, 0.1) is 30.5 Å². The molecule has 0 fully saturated rings. The minimum absolute atomic E-state index is 0.0343. The van der Waals surface area contributed by atoms with Gasteiger partial charge in [0.1, 0.15) is 0 Å². The summed E-state index contributed by atoms with van der Waals surface area (Å²) in [6.45, 7) is 10.4. The number of pyridine rings is 1. The van der Waals surface area contributed by atoms with Crippen LogP contribution in [0.3, 0.4) is 0 Å². The Morgan fingerprint density at radius 3 is 2.63 bits per heavy atom. The topological polar surface area (TPSA) is 46.8 Å². The van der Waals surface area contributed by atoms with Crippen molar-refractivity contribution in [3.63, 3.8) is 0 Å². The minimum Gasteiger partial charge on any atom is -0.394 e. The molecular formula is C15H24N2O2. The normalized spacial score (nSPS) is 11.3. The Balaban J connectivity index is 0.000000861. The quantitative estimate of drug-likeness (QED) is 0.923. The van der Waals surface area contributed by atoms with Gasteiger partial charge in [0.25, 0.3) is 0 Å². The van der Waals surface area contributed by atoms with Crippen LogP contribution in [-0.4, -0.2) is 27.9 Å². The molecule has 0 amide bonds. The lowest BCUT2D eigenvalue weighted by atomic mass is 10.00. The first-order valence-electron chi connectivity index (χ1n) is 6.74. The van der Waals surface area contributed by atoms with Crippen LogP contribution >= 0.6 is 0 Å². The molecule has 0 bridgehead atoms. The zero-order valence-electron chi connectivity index (χ0n) is 12.5. The van der Waals surface area contributed by atoms with E-state index in [-0.39, 0.29) is 6.61 Å². The maximum Gasteiger partial charge on any atom is 0.0891 e. The van der Waals surface area contributed by atoms with E-state index in [1.165, 1.54) is 0 Å². The molecule has 0 spiro atoms. The van der Waals surface area contributed by atoms with Crippen LogP contribution in [0.5, 0.6) is 0 Å². The fourth-order valence-corrected chi connectivity index (χ4v) is 1.85. The Morgan fingerprint density at radius 1 is 1.32 bits per heavy atom. The van der Waals surface area contributed by atoms with Gasteiger partial charge in [-0.2, -0.15) is 5.10 Å². The Hall–Kier alpha value is -1.39. The highest BCUT2D eigenvalue weighted by Gasteiger charge is 2.21. The first kappa shape index (κ1) is 15.7. The van der Waals surface area contributed by atoms with Crippen molar-refractivity contribution in [3.05, 3.63) is 35.7 Å². The number of rotatable bonds is 4. The molecule has 0 saturated carbocycles. The van der Waals surface area contributed by atoms with E-state index < -0.39 is 5.60 Å². The predicted molar refractivity (Wildman–Crippen MR) is 77.3 cm³/mol. The summed E-state index contributed by atoms with van der Waals surface area (Å²) < 4.78 is 7.49. The van der Waals surface area contributed by atoms with Crippen LogP contribution in [0.25, 0.3) is 5.52 Å². The summed E-state index contributed by atoms with van der Waals surface area (Å²) in [6.07, 6.45) is 3.82. The highest BCUT2D eigenvalue weighted by Crippen LogP contribution is 2.25. The van der Waals surface area contributed by atoms with Gasteiger partial charge < -0.3 is 9.84 Å². The molecule has 4 heteroatoms. The SMILES string of the molecule is CC.Cc1cnn2cc(C(C)(C)OCCO)ccc12. The van der Waals surface area contributed by atoms with E-state index in [1.54, 1.807) is 0 Å². The second-order valence-corrected chi connectivity index (χ2v) is 4.66. The molecule has 19 heavy (non-hydrogen) atoms. The third-order valence-corrected chi connectivity index (χ3v) is 2.96. The van der Waals surface area contributed by atoms with Crippen molar-refractivity contribution in [2.24, 2.45) is 0 Å². The zero-order chi connectivity index (χ0) is 14.5. The van der Waals surface area contributed by atoms with Gasteiger partial charge in [-0.1, -0.05) is 19.9 Å². The Morgan fingerprint density at radius 2 is 2.00 bits per heavy atom. The average molecular weight is 264 g/mol. The number of aromatic nitrogens is 2. The summed E-state index contributed by atoms with van der Waals surface area (Å²) in [6, 6.07) is 4.09. The van der Waals surface area contributed by atoms with Gasteiger partial charge in [0.15, 0.2) is 0 Å². The maximum absolute atomic E-state index is 8.81. The van der Waals surface area contributed by atoms with Gasteiger partial charge in [-0.15, -0.1) is 0 Å². The summed E-state index contributed by atoms with van der Waals surface area (Å²) in [4.78, 5) is 0. The number of ether oxygens (including phenoxy) is 1. The summed E-state index contributed by atoms with van der Waals surface area (Å²) >= 11 is 0.